The monoisotopic (exact) mass is 314 g/mol. The fourth-order valence-corrected chi connectivity index (χ4v) is 2.32. The van der Waals surface area contributed by atoms with Crippen LogP contribution in [-0.4, -0.2) is 30.7 Å². The SMILES string of the molecule is CCOc1ncccc1NC(=O)Cc1ccc2c(c1)OCCO2. The summed E-state index contributed by atoms with van der Waals surface area (Å²) < 4.78 is 16.4. The van der Waals surface area contributed by atoms with Gasteiger partial charge >= 0.3 is 0 Å². The van der Waals surface area contributed by atoms with Crippen LogP contribution in [0, 0.1) is 0 Å². The number of anilines is 1. The Morgan fingerprint density at radius 1 is 1.26 bits per heavy atom. The van der Waals surface area contributed by atoms with Crippen molar-refractivity contribution in [3.63, 3.8) is 0 Å². The molecule has 3 rings (SSSR count). The number of carbonyl (C=O) groups excluding carboxylic acids is 1. The molecule has 1 aliphatic rings. The van der Waals surface area contributed by atoms with Gasteiger partial charge in [0.15, 0.2) is 11.5 Å². The molecule has 0 radical (unpaired) electrons. The molecule has 0 unspecified atom stereocenters. The van der Waals surface area contributed by atoms with Crippen LogP contribution in [0.25, 0.3) is 0 Å². The lowest BCUT2D eigenvalue weighted by atomic mass is 10.1. The number of pyridine rings is 1. The Kier molecular flexibility index (Phi) is 4.61. The van der Waals surface area contributed by atoms with Gasteiger partial charge in [0.05, 0.1) is 13.0 Å². The predicted molar refractivity (Wildman–Crippen MR) is 85.2 cm³/mol. The van der Waals surface area contributed by atoms with E-state index in [-0.39, 0.29) is 12.3 Å². The van der Waals surface area contributed by atoms with Crippen molar-refractivity contribution in [3.8, 4) is 17.4 Å². The molecule has 2 heterocycles. The number of carbonyl (C=O) groups is 1. The van der Waals surface area contributed by atoms with E-state index in [4.69, 9.17) is 14.2 Å². The third-order valence-electron chi connectivity index (χ3n) is 3.30. The second-order valence-corrected chi connectivity index (χ2v) is 4.99. The first-order chi connectivity index (χ1) is 11.3. The number of nitrogens with zero attached hydrogens (tertiary/aromatic N) is 1. The molecule has 0 bridgehead atoms. The molecule has 1 N–H and O–H groups in total. The van der Waals surface area contributed by atoms with E-state index in [0.717, 1.165) is 5.56 Å². The highest BCUT2D eigenvalue weighted by atomic mass is 16.6. The number of rotatable bonds is 5. The van der Waals surface area contributed by atoms with Crippen LogP contribution in [0.2, 0.25) is 0 Å². The Morgan fingerprint density at radius 3 is 2.91 bits per heavy atom. The highest BCUT2D eigenvalue weighted by molar-refractivity contribution is 5.93. The summed E-state index contributed by atoms with van der Waals surface area (Å²) in [6, 6.07) is 9.04. The number of fused-ring (bicyclic) bond motifs is 1. The van der Waals surface area contributed by atoms with Gasteiger partial charge in [-0.25, -0.2) is 4.98 Å². The Balaban J connectivity index is 1.68. The molecule has 6 heteroatoms. The quantitative estimate of drug-likeness (QED) is 0.918. The maximum absolute atomic E-state index is 12.2. The smallest absolute Gasteiger partial charge is 0.237 e. The number of aromatic nitrogens is 1. The molecular weight excluding hydrogens is 296 g/mol. The molecule has 0 saturated carbocycles. The van der Waals surface area contributed by atoms with Gasteiger partial charge in [0, 0.05) is 6.20 Å². The van der Waals surface area contributed by atoms with Crippen molar-refractivity contribution >= 4 is 11.6 Å². The van der Waals surface area contributed by atoms with Gasteiger partial charge in [-0.3, -0.25) is 4.79 Å². The molecule has 1 aliphatic heterocycles. The standard InChI is InChI=1S/C17H18N2O4/c1-2-21-17-13(4-3-7-18-17)19-16(20)11-12-5-6-14-15(10-12)23-9-8-22-14/h3-7,10H,2,8-9,11H2,1H3,(H,19,20). The van der Waals surface area contributed by atoms with Crippen LogP contribution in [0.15, 0.2) is 36.5 Å². The average molecular weight is 314 g/mol. The molecule has 0 saturated heterocycles. The number of hydrogen-bond acceptors (Lipinski definition) is 5. The number of hydrogen-bond donors (Lipinski definition) is 1. The third kappa shape index (κ3) is 3.71. The Bertz CT molecular complexity index is 703. The first-order valence-electron chi connectivity index (χ1n) is 7.52. The summed E-state index contributed by atoms with van der Waals surface area (Å²) in [5.41, 5.74) is 1.42. The zero-order valence-corrected chi connectivity index (χ0v) is 12.9. The van der Waals surface area contributed by atoms with Crippen LogP contribution in [0.5, 0.6) is 17.4 Å². The van der Waals surface area contributed by atoms with Crippen LogP contribution in [0.1, 0.15) is 12.5 Å². The van der Waals surface area contributed by atoms with E-state index < -0.39 is 0 Å². The molecule has 2 aromatic rings. The molecule has 0 aliphatic carbocycles. The molecule has 120 valence electrons. The van der Waals surface area contributed by atoms with Gasteiger partial charge in [-0.05, 0) is 36.8 Å². The summed E-state index contributed by atoms with van der Waals surface area (Å²) in [5, 5.41) is 2.83. The summed E-state index contributed by atoms with van der Waals surface area (Å²) in [7, 11) is 0. The summed E-state index contributed by atoms with van der Waals surface area (Å²) in [6.07, 6.45) is 1.86. The van der Waals surface area contributed by atoms with E-state index in [1.165, 1.54) is 0 Å². The van der Waals surface area contributed by atoms with Gasteiger partial charge in [0.1, 0.15) is 18.9 Å². The number of ether oxygens (including phenoxy) is 3. The summed E-state index contributed by atoms with van der Waals surface area (Å²) in [5.74, 6) is 1.67. The van der Waals surface area contributed by atoms with Crippen molar-refractivity contribution < 1.29 is 19.0 Å². The van der Waals surface area contributed by atoms with Gasteiger partial charge in [0.25, 0.3) is 0 Å². The highest BCUT2D eigenvalue weighted by Gasteiger charge is 2.14. The predicted octanol–water partition coefficient (Wildman–Crippen LogP) is 2.43. The number of nitrogens with one attached hydrogen (secondary N) is 1. The minimum Gasteiger partial charge on any atom is -0.486 e. The van der Waals surface area contributed by atoms with E-state index in [1.54, 1.807) is 18.3 Å². The van der Waals surface area contributed by atoms with Crippen molar-refractivity contribution in [1.82, 2.24) is 4.98 Å². The maximum atomic E-state index is 12.2. The van der Waals surface area contributed by atoms with Gasteiger partial charge in [-0.2, -0.15) is 0 Å². The second kappa shape index (κ2) is 7.00. The normalized spacial score (nSPS) is 12.6. The van der Waals surface area contributed by atoms with E-state index in [2.05, 4.69) is 10.3 Å². The number of benzene rings is 1. The van der Waals surface area contributed by atoms with Crippen LogP contribution in [0.3, 0.4) is 0 Å². The van der Waals surface area contributed by atoms with E-state index in [9.17, 15) is 4.79 Å². The van der Waals surface area contributed by atoms with Crippen LogP contribution in [0.4, 0.5) is 5.69 Å². The maximum Gasteiger partial charge on any atom is 0.237 e. The van der Waals surface area contributed by atoms with Crippen molar-refractivity contribution in [2.45, 2.75) is 13.3 Å². The molecule has 1 aromatic heterocycles. The van der Waals surface area contributed by atoms with Crippen LogP contribution in [-0.2, 0) is 11.2 Å². The van der Waals surface area contributed by atoms with Crippen LogP contribution >= 0.6 is 0 Å². The van der Waals surface area contributed by atoms with Crippen molar-refractivity contribution in [3.05, 3.63) is 42.1 Å². The summed E-state index contributed by atoms with van der Waals surface area (Å²) in [6.45, 7) is 3.43. The van der Waals surface area contributed by atoms with Gasteiger partial charge in [0.2, 0.25) is 11.8 Å². The zero-order valence-electron chi connectivity index (χ0n) is 12.9. The van der Waals surface area contributed by atoms with Gasteiger partial charge in [-0.15, -0.1) is 0 Å². The van der Waals surface area contributed by atoms with E-state index in [1.807, 2.05) is 25.1 Å². The minimum atomic E-state index is -0.143. The topological polar surface area (TPSA) is 69.7 Å². The molecule has 0 fully saturated rings. The minimum absolute atomic E-state index is 0.143. The highest BCUT2D eigenvalue weighted by Crippen LogP contribution is 2.31. The summed E-state index contributed by atoms with van der Waals surface area (Å²) in [4.78, 5) is 16.4. The molecule has 1 amide bonds. The lowest BCUT2D eigenvalue weighted by molar-refractivity contribution is -0.115. The fraction of sp³-hybridized carbons (Fsp3) is 0.294. The molecule has 6 nitrogen and oxygen atoms in total. The molecule has 23 heavy (non-hydrogen) atoms. The third-order valence-corrected chi connectivity index (χ3v) is 3.30. The first kappa shape index (κ1) is 15.1. The summed E-state index contributed by atoms with van der Waals surface area (Å²) >= 11 is 0. The van der Waals surface area contributed by atoms with E-state index in [0.29, 0.717) is 42.9 Å². The Hall–Kier alpha value is -2.76. The Labute approximate surface area is 134 Å². The van der Waals surface area contributed by atoms with Crippen molar-refractivity contribution in [1.29, 1.82) is 0 Å². The van der Waals surface area contributed by atoms with Crippen molar-refractivity contribution in [2.24, 2.45) is 0 Å². The molecule has 0 spiro atoms. The second-order valence-electron chi connectivity index (χ2n) is 4.99. The molecule has 1 aromatic carbocycles. The first-order valence-corrected chi connectivity index (χ1v) is 7.52. The molecule has 0 atom stereocenters. The fourth-order valence-electron chi connectivity index (χ4n) is 2.32. The van der Waals surface area contributed by atoms with E-state index >= 15 is 0 Å². The Morgan fingerprint density at radius 2 is 2.09 bits per heavy atom. The lowest BCUT2D eigenvalue weighted by Crippen LogP contribution is -2.17. The largest absolute Gasteiger partial charge is 0.486 e. The van der Waals surface area contributed by atoms with Gasteiger partial charge < -0.3 is 19.5 Å². The van der Waals surface area contributed by atoms with Crippen LogP contribution < -0.4 is 19.5 Å². The number of amides is 1. The zero-order chi connectivity index (χ0) is 16.1. The van der Waals surface area contributed by atoms with Crippen molar-refractivity contribution in [2.75, 3.05) is 25.1 Å². The average Bonchev–Trinajstić information content (AvgIpc) is 2.57. The van der Waals surface area contributed by atoms with Gasteiger partial charge in [-0.1, -0.05) is 6.07 Å². The molecular formula is C17H18N2O4. The lowest BCUT2D eigenvalue weighted by Gasteiger charge is -2.18.